The van der Waals surface area contributed by atoms with Gasteiger partial charge in [0.15, 0.2) is 11.4 Å². The van der Waals surface area contributed by atoms with Gasteiger partial charge >= 0.3 is 5.97 Å². The number of carbonyl (C=O) groups excluding carboxylic acids is 1. The maximum absolute atomic E-state index is 12.2. The van der Waals surface area contributed by atoms with E-state index in [2.05, 4.69) is 73.5 Å². The molecule has 6 heteroatoms. The molecule has 19 heavy (non-hydrogen) atoms. The fraction of sp³-hybridized carbons (Fsp3) is 0. The predicted molar refractivity (Wildman–Crippen MR) is 98.5 cm³/mol. The average Bonchev–Trinajstić information content (AvgIpc) is 2.36. The summed E-state index contributed by atoms with van der Waals surface area (Å²) in [6.07, 6.45) is 0. The van der Waals surface area contributed by atoms with Crippen LogP contribution in [0, 0.1) is 10.7 Å². The van der Waals surface area contributed by atoms with Crippen molar-refractivity contribution < 1.29 is 15.3 Å². The van der Waals surface area contributed by atoms with Gasteiger partial charge in [0, 0.05) is 16.8 Å². The second-order valence-corrected chi connectivity index (χ2v) is 7.23. The van der Waals surface area contributed by atoms with Crippen LogP contribution in [-0.4, -0.2) is 5.97 Å². The highest BCUT2D eigenvalue weighted by atomic mass is 127. The van der Waals surface area contributed by atoms with E-state index in [4.69, 9.17) is 4.74 Å². The van der Waals surface area contributed by atoms with Gasteiger partial charge < -0.3 is 10.5 Å². The number of hydrogen-bond acceptors (Lipinski definition) is 2. The number of hydrogen-bond donors (Lipinski definition) is 1. The normalized spacial score (nSPS) is 10.3. The quantitative estimate of drug-likeness (QED) is 0.251. The molecule has 2 aromatic carbocycles. The molecule has 0 aromatic heterocycles. The molecule has 0 aliphatic carbocycles. The van der Waals surface area contributed by atoms with Gasteiger partial charge in [-0.3, -0.25) is 0 Å². The summed E-state index contributed by atoms with van der Waals surface area (Å²) in [4.78, 5) is 12.2. The summed E-state index contributed by atoms with van der Waals surface area (Å²) in [6.45, 7) is 0. The van der Waals surface area contributed by atoms with Crippen molar-refractivity contribution in [1.29, 1.82) is 0 Å². The Morgan fingerprint density at radius 2 is 1.79 bits per heavy atom. The largest absolute Gasteiger partial charge is 0.417 e. The van der Waals surface area contributed by atoms with Crippen molar-refractivity contribution >= 4 is 79.4 Å². The SMILES string of the molecule is [NH3+]c1ccccc1OC(=O)c1cc(I)cc(I)c1I. The summed E-state index contributed by atoms with van der Waals surface area (Å²) in [5.74, 6) is 0.147. The van der Waals surface area contributed by atoms with E-state index in [1.807, 2.05) is 30.3 Å². The van der Waals surface area contributed by atoms with Crippen LogP contribution in [0.25, 0.3) is 0 Å². The Morgan fingerprint density at radius 3 is 2.47 bits per heavy atom. The third kappa shape index (κ3) is 3.79. The summed E-state index contributed by atoms with van der Waals surface area (Å²) in [5, 5.41) is 0. The van der Waals surface area contributed by atoms with Gasteiger partial charge in [-0.15, -0.1) is 0 Å². The molecule has 0 aliphatic heterocycles. The molecule has 0 saturated carbocycles. The standard InChI is InChI=1S/C13H8I3NO2/c14-7-5-8(12(16)9(15)6-7)13(18)19-11-4-2-1-3-10(11)17/h1-6H,17H2/p+1. The molecule has 0 radical (unpaired) electrons. The van der Waals surface area contributed by atoms with Crippen molar-refractivity contribution in [1.82, 2.24) is 0 Å². The molecule has 2 aromatic rings. The van der Waals surface area contributed by atoms with Gasteiger partial charge in [-0.05, 0) is 86.0 Å². The number of rotatable bonds is 2. The first kappa shape index (κ1) is 15.4. The minimum absolute atomic E-state index is 0.350. The number of benzene rings is 2. The summed E-state index contributed by atoms with van der Waals surface area (Å²) >= 11 is 6.57. The van der Waals surface area contributed by atoms with Crippen LogP contribution in [0.15, 0.2) is 36.4 Å². The first-order chi connectivity index (χ1) is 8.99. The molecular formula is C13H9I3NO2+. The summed E-state index contributed by atoms with van der Waals surface area (Å²) in [5.41, 5.74) is 5.13. The van der Waals surface area contributed by atoms with Crippen LogP contribution in [0.4, 0.5) is 5.69 Å². The maximum atomic E-state index is 12.2. The molecule has 2 rings (SSSR count). The summed E-state index contributed by atoms with van der Waals surface area (Å²) in [7, 11) is 0. The molecule has 0 saturated heterocycles. The van der Waals surface area contributed by atoms with Crippen LogP contribution in [0.2, 0.25) is 0 Å². The minimum Gasteiger partial charge on any atom is -0.417 e. The van der Waals surface area contributed by atoms with E-state index in [9.17, 15) is 4.79 Å². The zero-order valence-corrected chi connectivity index (χ0v) is 16.1. The van der Waals surface area contributed by atoms with Crippen molar-refractivity contribution in [2.45, 2.75) is 0 Å². The molecule has 0 heterocycles. The van der Waals surface area contributed by atoms with E-state index in [1.165, 1.54) is 0 Å². The van der Waals surface area contributed by atoms with Gasteiger partial charge in [-0.2, -0.15) is 0 Å². The van der Waals surface area contributed by atoms with Gasteiger partial charge in [0.25, 0.3) is 0 Å². The number of ether oxygens (including phenoxy) is 1. The molecule has 98 valence electrons. The van der Waals surface area contributed by atoms with Crippen LogP contribution in [-0.2, 0) is 0 Å². The van der Waals surface area contributed by atoms with Gasteiger partial charge in [-0.25, -0.2) is 4.79 Å². The second-order valence-electron chi connectivity index (χ2n) is 3.75. The molecular weight excluding hydrogens is 583 g/mol. The number of halogens is 3. The zero-order chi connectivity index (χ0) is 14.0. The average molecular weight is 592 g/mol. The molecule has 3 N–H and O–H groups in total. The molecule has 3 nitrogen and oxygen atoms in total. The highest BCUT2D eigenvalue weighted by Gasteiger charge is 2.17. The van der Waals surface area contributed by atoms with Gasteiger partial charge in [0.2, 0.25) is 0 Å². The molecule has 0 spiro atoms. The lowest BCUT2D eigenvalue weighted by molar-refractivity contribution is -0.256. The Labute approximate surface area is 151 Å². The number of esters is 1. The smallest absolute Gasteiger partial charge is 0.344 e. The molecule has 0 atom stereocenters. The zero-order valence-electron chi connectivity index (χ0n) is 9.62. The molecule has 0 amide bonds. The molecule has 0 unspecified atom stereocenters. The maximum Gasteiger partial charge on any atom is 0.344 e. The lowest BCUT2D eigenvalue weighted by Crippen LogP contribution is -2.40. The van der Waals surface area contributed by atoms with Crippen LogP contribution < -0.4 is 10.5 Å². The van der Waals surface area contributed by atoms with Crippen molar-refractivity contribution in [2.24, 2.45) is 0 Å². The molecule has 0 aliphatic rings. The van der Waals surface area contributed by atoms with Crippen molar-refractivity contribution in [2.75, 3.05) is 0 Å². The van der Waals surface area contributed by atoms with Gasteiger partial charge in [0.05, 0.1) is 5.56 Å². The molecule has 0 fully saturated rings. The van der Waals surface area contributed by atoms with Crippen molar-refractivity contribution in [3.8, 4) is 5.75 Å². The topological polar surface area (TPSA) is 53.9 Å². The Kier molecular flexibility index (Phi) is 5.43. The third-order valence-corrected chi connectivity index (χ3v) is 6.06. The van der Waals surface area contributed by atoms with Gasteiger partial charge in [0.1, 0.15) is 0 Å². The van der Waals surface area contributed by atoms with E-state index in [1.54, 1.807) is 6.07 Å². The Balaban J connectivity index is 2.33. The third-order valence-electron chi connectivity index (χ3n) is 2.39. The van der Waals surface area contributed by atoms with E-state index in [-0.39, 0.29) is 5.97 Å². The lowest BCUT2D eigenvalue weighted by Gasteiger charge is -2.08. The van der Waals surface area contributed by atoms with Crippen LogP contribution >= 0.6 is 67.8 Å². The number of para-hydroxylation sites is 1. The van der Waals surface area contributed by atoms with Gasteiger partial charge in [-0.1, -0.05) is 12.1 Å². The van der Waals surface area contributed by atoms with E-state index in [0.717, 1.165) is 10.7 Å². The van der Waals surface area contributed by atoms with Crippen LogP contribution in [0.3, 0.4) is 0 Å². The van der Waals surface area contributed by atoms with E-state index >= 15 is 0 Å². The van der Waals surface area contributed by atoms with Crippen LogP contribution in [0.5, 0.6) is 5.75 Å². The summed E-state index contributed by atoms with van der Waals surface area (Å²) in [6, 6.07) is 11.1. The Bertz CT molecular complexity index is 644. The highest BCUT2D eigenvalue weighted by Crippen LogP contribution is 2.25. The lowest BCUT2D eigenvalue weighted by atomic mass is 10.2. The monoisotopic (exact) mass is 592 g/mol. The number of quaternary nitrogens is 1. The minimum atomic E-state index is -0.350. The Morgan fingerprint density at radius 1 is 1.11 bits per heavy atom. The van der Waals surface area contributed by atoms with Crippen LogP contribution in [0.1, 0.15) is 10.4 Å². The predicted octanol–water partition coefficient (Wildman–Crippen LogP) is 3.59. The first-order valence-corrected chi connectivity index (χ1v) is 8.50. The molecule has 0 bridgehead atoms. The van der Waals surface area contributed by atoms with E-state index < -0.39 is 0 Å². The number of carbonyl (C=O) groups is 1. The Hall–Kier alpha value is 0.0600. The van der Waals surface area contributed by atoms with Crippen molar-refractivity contribution in [3.05, 3.63) is 52.7 Å². The fourth-order valence-electron chi connectivity index (χ4n) is 1.46. The van der Waals surface area contributed by atoms with E-state index in [0.29, 0.717) is 17.0 Å². The fourth-order valence-corrected chi connectivity index (χ4v) is 3.84. The second kappa shape index (κ2) is 6.68. The van der Waals surface area contributed by atoms with Crippen molar-refractivity contribution in [3.63, 3.8) is 0 Å². The first-order valence-electron chi connectivity index (χ1n) is 5.26. The summed E-state index contributed by atoms with van der Waals surface area (Å²) < 4.78 is 8.37. The highest BCUT2D eigenvalue weighted by molar-refractivity contribution is 14.1.